The van der Waals surface area contributed by atoms with E-state index in [1.165, 1.54) is 9.80 Å². The molecule has 0 bridgehead atoms. The fraction of sp³-hybridized carbons (Fsp3) is 0.461. The van der Waals surface area contributed by atoms with Crippen LogP contribution in [-0.4, -0.2) is 199 Å². The van der Waals surface area contributed by atoms with Crippen LogP contribution in [0.3, 0.4) is 0 Å². The lowest BCUT2D eigenvalue weighted by molar-refractivity contribution is -0.142. The highest BCUT2D eigenvalue weighted by Gasteiger charge is 2.48. The summed E-state index contributed by atoms with van der Waals surface area (Å²) in [4.78, 5) is 93.3. The summed E-state index contributed by atoms with van der Waals surface area (Å²) in [6, 6.07) is 15.5. The van der Waals surface area contributed by atoms with Crippen LogP contribution in [0.2, 0.25) is 0 Å². The Labute approximate surface area is 741 Å². The van der Waals surface area contributed by atoms with Gasteiger partial charge >= 0.3 is 30.7 Å². The van der Waals surface area contributed by atoms with Crippen molar-refractivity contribution in [2.75, 3.05) is 78.5 Å². The van der Waals surface area contributed by atoms with Crippen LogP contribution in [0.25, 0.3) is 0 Å². The Morgan fingerprint density at radius 3 is 0.902 bits per heavy atom. The van der Waals surface area contributed by atoms with E-state index >= 15 is 0 Å². The minimum Gasteiger partial charge on any atom is -0.337 e. The Bertz CT molecular complexity index is 5790. The number of carbonyl (C=O) groups excluding carboxylic acids is 6. The molecule has 0 unspecified atom stereocenters. The molecule has 4 aromatic heterocycles. The van der Waals surface area contributed by atoms with Crippen LogP contribution in [0, 0.1) is 46.5 Å². The SMILES string of the molecule is CCCN1Cc2[nH]nc(C(=O)N3CCC(c4ccc(F)c(F)c4C(F)(F)F)CC3)c2C1.CCN1Cc2[nH]nc(C(=O)N3CCC(c4ccc(F)c(F)c4C(F)(F)F)CC3)c2C1.O=C(c1ccccc1)N1Cc2[nH]nc(C(=O)N3CCC(c4ccc(F)c(F)c4C(F)(F)F)CC3)c2C1.O=C(c1n[nH]c2c1CN(C(=O)N1CCCC1)C2)N1CCC(c2ccc(F)c(F)c2C(F)(F)F)CC1. The van der Waals surface area contributed by atoms with E-state index < -0.39 is 117 Å². The number of amides is 7. The number of fused-ring (bicyclic) bond motifs is 4. The number of halogens is 20. The Hall–Kier alpha value is -11.9. The molecule has 0 atom stereocenters. The molecule has 0 saturated carbocycles. The molecule has 0 aliphatic carbocycles. The van der Waals surface area contributed by atoms with E-state index in [1.54, 1.807) is 48.8 Å². The molecule has 706 valence electrons. The fourth-order valence-corrected chi connectivity index (χ4v) is 19.2. The number of urea groups is 1. The third-order valence-corrected chi connectivity index (χ3v) is 26.0. The summed E-state index contributed by atoms with van der Waals surface area (Å²) in [6.45, 7) is 12.5. The van der Waals surface area contributed by atoms with Crippen molar-refractivity contribution in [3.05, 3.63) is 243 Å². The summed E-state index contributed by atoms with van der Waals surface area (Å²) >= 11 is 0. The largest absolute Gasteiger partial charge is 0.419 e. The Kier molecular flexibility index (Phi) is 27.5. The second-order valence-corrected chi connectivity index (χ2v) is 34.1. The lowest BCUT2D eigenvalue weighted by Crippen LogP contribution is -2.40. The number of piperidine rings is 4. The van der Waals surface area contributed by atoms with Crippen molar-refractivity contribution in [1.29, 1.82) is 0 Å². The molecule has 9 aliphatic heterocycles. The molecule has 18 rings (SSSR count). The number of hydrogen-bond donors (Lipinski definition) is 4. The van der Waals surface area contributed by atoms with E-state index in [0.717, 1.165) is 104 Å². The second kappa shape index (κ2) is 38.3. The number of rotatable bonds is 12. The van der Waals surface area contributed by atoms with Crippen molar-refractivity contribution in [2.24, 2.45) is 0 Å². The van der Waals surface area contributed by atoms with Gasteiger partial charge in [-0.15, -0.1) is 0 Å². The maximum absolute atomic E-state index is 14.0. The highest BCUT2D eigenvalue weighted by atomic mass is 19.4. The molecule has 9 aromatic rings. The lowest BCUT2D eigenvalue weighted by atomic mass is 9.86. The number of alkyl halides is 12. The van der Waals surface area contributed by atoms with Crippen molar-refractivity contribution in [1.82, 2.24) is 84.9 Å². The molecule has 13 heterocycles. The monoisotopic (exact) mass is 1870 g/mol. The first-order chi connectivity index (χ1) is 62.7. The molecule has 132 heavy (non-hydrogen) atoms. The van der Waals surface area contributed by atoms with Gasteiger partial charge in [0, 0.05) is 119 Å². The van der Waals surface area contributed by atoms with Crippen molar-refractivity contribution in [3.63, 3.8) is 0 Å². The number of aromatic nitrogens is 8. The molecule has 7 amide bonds. The third kappa shape index (κ3) is 19.5. The van der Waals surface area contributed by atoms with Crippen LogP contribution in [-0.2, 0) is 77.1 Å². The van der Waals surface area contributed by atoms with Gasteiger partial charge in [0.2, 0.25) is 0 Å². The minimum atomic E-state index is -5.03. The minimum absolute atomic E-state index is 0.0710. The zero-order valence-corrected chi connectivity index (χ0v) is 71.1. The van der Waals surface area contributed by atoms with Crippen LogP contribution < -0.4 is 0 Å². The Morgan fingerprint density at radius 1 is 0.318 bits per heavy atom. The number of likely N-dealkylation sites (tertiary alicyclic amines) is 5. The van der Waals surface area contributed by atoms with Gasteiger partial charge < -0.3 is 34.3 Å². The maximum atomic E-state index is 14.0. The van der Waals surface area contributed by atoms with Gasteiger partial charge in [0.1, 0.15) is 0 Å². The first-order valence-corrected chi connectivity index (χ1v) is 43.1. The lowest BCUT2D eigenvalue weighted by Gasteiger charge is -2.33. The van der Waals surface area contributed by atoms with E-state index in [1.807, 2.05) is 13.0 Å². The van der Waals surface area contributed by atoms with Crippen LogP contribution in [0.5, 0.6) is 0 Å². The standard InChI is InChI=1S/C25H21F5N4O2.C23H24F5N5O2.C21H23F5N4O.C20H21F5N4O/c26-18-7-6-16(20(21(18)27)25(28,29)30)14-8-10-33(11-9-14)24(36)22-17-12-34(13-19(17)31-32-22)23(35)15-4-2-1-3-5-15;24-16-4-3-14(18(19(16)25)23(26,27)28)13-5-9-31(10-6-13)21(34)20-15-11-33(12-17(15)29-30-20)22(35)32-7-1-2-8-32;1-2-7-29-10-14-16(11-29)27-28-19(14)20(31)30-8-5-12(6-9-30)13-3-4-15(22)18(23)17(13)21(24,25)26;1-2-28-9-13-15(10-28)26-27-18(13)19(30)29-7-5-11(6-8-29)12-3-4-14(21)17(22)16(12)20(23,24)25/h1-7,14H,8-13H2,(H,31,32);3-4,13H,1-2,5-12H2,(H,29,30);3-4,12H,2,5-11H2,1H3,(H,27,28);3-4,11H,2,5-10H2,1H3,(H,26,27). The molecule has 0 radical (unpaired) electrons. The molecule has 0 spiro atoms. The van der Waals surface area contributed by atoms with Gasteiger partial charge in [-0.05, 0) is 166 Å². The van der Waals surface area contributed by atoms with Crippen molar-refractivity contribution in [3.8, 4) is 0 Å². The van der Waals surface area contributed by atoms with Crippen molar-refractivity contribution in [2.45, 2.75) is 185 Å². The second-order valence-electron chi connectivity index (χ2n) is 34.1. The van der Waals surface area contributed by atoms with Gasteiger partial charge in [-0.2, -0.15) is 73.1 Å². The van der Waals surface area contributed by atoms with Crippen molar-refractivity contribution < 1.29 is 117 Å². The van der Waals surface area contributed by atoms with Gasteiger partial charge in [-0.25, -0.2) is 39.9 Å². The number of hydrogen-bond acceptors (Lipinski definition) is 12. The zero-order chi connectivity index (χ0) is 94.5. The summed E-state index contributed by atoms with van der Waals surface area (Å²) in [5.41, 5.74) is 0.476. The van der Waals surface area contributed by atoms with Crippen LogP contribution in [0.15, 0.2) is 78.9 Å². The number of H-pyrrole nitrogens is 4. The first-order valence-electron chi connectivity index (χ1n) is 43.1. The summed E-state index contributed by atoms with van der Waals surface area (Å²) in [5, 5.41) is 28.1. The molecule has 4 N–H and O–H groups in total. The zero-order valence-electron chi connectivity index (χ0n) is 71.1. The average Bonchev–Trinajstić information content (AvgIpc) is 1.31. The van der Waals surface area contributed by atoms with Gasteiger partial charge in [0.05, 0.1) is 71.2 Å². The van der Waals surface area contributed by atoms with Gasteiger partial charge in [0.25, 0.3) is 29.5 Å². The van der Waals surface area contributed by atoms with Gasteiger partial charge in [0.15, 0.2) is 69.3 Å². The quantitative estimate of drug-likeness (QED) is 0.0834. The van der Waals surface area contributed by atoms with E-state index in [9.17, 15) is 117 Å². The summed E-state index contributed by atoms with van der Waals surface area (Å²) in [7, 11) is 0. The van der Waals surface area contributed by atoms with E-state index in [0.29, 0.717) is 84.3 Å². The summed E-state index contributed by atoms with van der Waals surface area (Å²) in [6.07, 6.45) is -15.5. The first kappa shape index (κ1) is 94.7. The number of benzene rings is 5. The average molecular weight is 1870 g/mol. The van der Waals surface area contributed by atoms with Crippen LogP contribution in [0.1, 0.15) is 250 Å². The highest BCUT2D eigenvalue weighted by Crippen LogP contribution is 2.47. The number of carbonyl (C=O) groups is 6. The van der Waals surface area contributed by atoms with E-state index in [2.05, 4.69) is 57.5 Å². The number of nitrogens with one attached hydrogen (secondary N) is 4. The molecule has 23 nitrogen and oxygen atoms in total. The molecular weight excluding hydrogens is 1780 g/mol. The molecule has 5 fully saturated rings. The molecule has 43 heteroatoms. The predicted molar refractivity (Wildman–Crippen MR) is 431 cm³/mol. The molecule has 5 saturated heterocycles. The smallest absolute Gasteiger partial charge is 0.337 e. The van der Waals surface area contributed by atoms with E-state index in [-0.39, 0.29) is 193 Å². The topological polar surface area (TPSA) is 246 Å². The number of aromatic amines is 4. The molecular formula is C89H89F20N17O6. The van der Waals surface area contributed by atoms with Gasteiger partial charge in [-0.3, -0.25) is 54.2 Å². The summed E-state index contributed by atoms with van der Waals surface area (Å²) < 4.78 is 270. The Morgan fingerprint density at radius 2 is 0.598 bits per heavy atom. The number of nitrogens with zero attached hydrogens (tertiary/aromatic N) is 13. The van der Waals surface area contributed by atoms with Gasteiger partial charge in [-0.1, -0.05) is 56.3 Å². The maximum Gasteiger partial charge on any atom is 0.419 e. The van der Waals surface area contributed by atoms with Crippen molar-refractivity contribution >= 4 is 35.6 Å². The fourth-order valence-electron chi connectivity index (χ4n) is 19.2. The third-order valence-electron chi connectivity index (χ3n) is 26.0. The van der Waals surface area contributed by atoms with Crippen LogP contribution in [0.4, 0.5) is 92.6 Å². The highest BCUT2D eigenvalue weighted by molar-refractivity contribution is 5.98. The molecule has 5 aromatic carbocycles. The van der Waals surface area contributed by atoms with Crippen LogP contribution >= 0.6 is 0 Å². The summed E-state index contributed by atoms with van der Waals surface area (Å²) in [5.74, 6) is -17.7. The predicted octanol–water partition coefficient (Wildman–Crippen LogP) is 17.7. The van der Waals surface area contributed by atoms with E-state index in [4.69, 9.17) is 0 Å². The Balaban J connectivity index is 0.000000135. The normalized spacial score (nSPS) is 17.8. The molecule has 9 aliphatic rings.